The van der Waals surface area contributed by atoms with Gasteiger partial charge in [-0.05, 0) is 49.2 Å². The molecule has 1 unspecified atom stereocenters. The van der Waals surface area contributed by atoms with Gasteiger partial charge < -0.3 is 19.3 Å². The van der Waals surface area contributed by atoms with Crippen LogP contribution in [0.3, 0.4) is 0 Å². The molecule has 4 aromatic rings. The molecule has 0 spiro atoms. The third-order valence-electron chi connectivity index (χ3n) is 6.43. The van der Waals surface area contributed by atoms with E-state index in [0.717, 1.165) is 33.5 Å². The van der Waals surface area contributed by atoms with Gasteiger partial charge in [0, 0.05) is 11.3 Å². The van der Waals surface area contributed by atoms with E-state index in [1.165, 1.54) is 0 Å². The molecule has 1 N–H and O–H groups in total. The SMILES string of the molecule is COc1cccc(-c2noc(C3=C(C)N(Cc4cccc(C)c4)C(=O)NC3c3cccc(OC)c3)n2)c1. The van der Waals surface area contributed by atoms with Crippen molar-refractivity contribution in [2.45, 2.75) is 26.4 Å². The molecule has 0 bridgehead atoms. The van der Waals surface area contributed by atoms with Crippen molar-refractivity contribution in [3.63, 3.8) is 0 Å². The monoisotopic (exact) mass is 496 g/mol. The molecule has 0 radical (unpaired) electrons. The normalized spacial score (nSPS) is 15.5. The van der Waals surface area contributed by atoms with Gasteiger partial charge in [-0.3, -0.25) is 4.90 Å². The van der Waals surface area contributed by atoms with Crippen LogP contribution in [0.1, 0.15) is 35.5 Å². The fourth-order valence-electron chi connectivity index (χ4n) is 4.53. The van der Waals surface area contributed by atoms with Crippen LogP contribution in [0, 0.1) is 6.92 Å². The zero-order valence-corrected chi connectivity index (χ0v) is 21.2. The zero-order valence-electron chi connectivity index (χ0n) is 21.2. The van der Waals surface area contributed by atoms with E-state index in [4.69, 9.17) is 19.0 Å². The van der Waals surface area contributed by atoms with E-state index in [9.17, 15) is 4.79 Å². The number of hydrogen-bond donors (Lipinski definition) is 1. The lowest BCUT2D eigenvalue weighted by atomic mass is 9.94. The van der Waals surface area contributed by atoms with Gasteiger partial charge >= 0.3 is 6.03 Å². The molecule has 5 rings (SSSR count). The maximum Gasteiger partial charge on any atom is 0.322 e. The number of amides is 2. The Bertz CT molecular complexity index is 1480. The van der Waals surface area contributed by atoms with Crippen LogP contribution in [0.2, 0.25) is 0 Å². The standard InChI is InChI=1S/C29H28N4O4/c1-18-8-5-9-20(14-18)17-33-19(2)25(26(30-29(33)34)21-10-6-12-23(15-21)35-3)28-31-27(32-37-28)22-11-7-13-24(16-22)36-4/h5-16,26H,17H2,1-4H3,(H,30,34). The lowest BCUT2D eigenvalue weighted by Gasteiger charge is -2.35. The van der Waals surface area contributed by atoms with Crippen LogP contribution in [0.5, 0.6) is 11.5 Å². The molecule has 3 aromatic carbocycles. The summed E-state index contributed by atoms with van der Waals surface area (Å²) in [5, 5.41) is 7.38. The molecule has 1 aromatic heterocycles. The number of methoxy groups -OCH3 is 2. The Morgan fingerprint density at radius 3 is 2.43 bits per heavy atom. The van der Waals surface area contributed by atoms with Crippen molar-refractivity contribution < 1.29 is 18.8 Å². The van der Waals surface area contributed by atoms with Crippen molar-refractivity contribution in [1.82, 2.24) is 20.4 Å². The molecule has 0 saturated carbocycles. The quantitative estimate of drug-likeness (QED) is 0.350. The number of nitrogens with one attached hydrogen (secondary N) is 1. The number of carbonyl (C=O) groups is 1. The van der Waals surface area contributed by atoms with Gasteiger partial charge in [0.15, 0.2) is 0 Å². The summed E-state index contributed by atoms with van der Waals surface area (Å²) in [6, 6.07) is 22.5. The van der Waals surface area contributed by atoms with Crippen molar-refractivity contribution in [3.8, 4) is 22.9 Å². The summed E-state index contributed by atoms with van der Waals surface area (Å²) in [6.07, 6.45) is 0. The Morgan fingerprint density at radius 1 is 0.946 bits per heavy atom. The Balaban J connectivity index is 1.60. The van der Waals surface area contributed by atoms with Crippen LogP contribution < -0.4 is 14.8 Å². The highest BCUT2D eigenvalue weighted by molar-refractivity contribution is 5.87. The minimum atomic E-state index is -0.505. The number of allylic oxidation sites excluding steroid dienone is 1. The highest BCUT2D eigenvalue weighted by Crippen LogP contribution is 2.38. The van der Waals surface area contributed by atoms with E-state index >= 15 is 0 Å². The first-order valence-electron chi connectivity index (χ1n) is 11.9. The van der Waals surface area contributed by atoms with Gasteiger partial charge in [0.2, 0.25) is 5.82 Å². The zero-order chi connectivity index (χ0) is 25.9. The van der Waals surface area contributed by atoms with Crippen LogP contribution in [0.4, 0.5) is 4.79 Å². The second kappa shape index (κ2) is 10.2. The topological polar surface area (TPSA) is 89.7 Å². The molecular weight excluding hydrogens is 468 g/mol. The maximum atomic E-state index is 13.4. The lowest BCUT2D eigenvalue weighted by molar-refractivity contribution is 0.203. The Hall–Kier alpha value is -4.59. The minimum Gasteiger partial charge on any atom is -0.497 e. The second-order valence-corrected chi connectivity index (χ2v) is 8.89. The van der Waals surface area contributed by atoms with Crippen molar-refractivity contribution >= 4 is 11.6 Å². The fourth-order valence-corrected chi connectivity index (χ4v) is 4.53. The summed E-state index contributed by atoms with van der Waals surface area (Å²) in [5.41, 5.74) is 5.23. The molecule has 1 aliphatic heterocycles. The molecule has 2 amide bonds. The summed E-state index contributed by atoms with van der Waals surface area (Å²) in [6.45, 7) is 4.35. The van der Waals surface area contributed by atoms with Crippen LogP contribution in [0.15, 0.2) is 83.0 Å². The fraction of sp³-hybridized carbons (Fsp3) is 0.207. The van der Waals surface area contributed by atoms with Gasteiger partial charge in [-0.15, -0.1) is 0 Å². The predicted octanol–water partition coefficient (Wildman–Crippen LogP) is 5.76. The first kappa shape index (κ1) is 24.1. The van der Waals surface area contributed by atoms with E-state index in [1.54, 1.807) is 19.1 Å². The number of aromatic nitrogens is 2. The van der Waals surface area contributed by atoms with Crippen LogP contribution >= 0.6 is 0 Å². The van der Waals surface area contributed by atoms with Gasteiger partial charge in [0.1, 0.15) is 11.5 Å². The van der Waals surface area contributed by atoms with Crippen LogP contribution in [-0.2, 0) is 6.54 Å². The molecular formula is C29H28N4O4. The van der Waals surface area contributed by atoms with Gasteiger partial charge in [-0.25, -0.2) is 4.79 Å². The number of carbonyl (C=O) groups excluding carboxylic acids is 1. The summed E-state index contributed by atoms with van der Waals surface area (Å²) in [4.78, 5) is 19.8. The third-order valence-corrected chi connectivity index (χ3v) is 6.43. The van der Waals surface area contributed by atoms with Gasteiger partial charge in [0.25, 0.3) is 5.89 Å². The molecule has 188 valence electrons. The second-order valence-electron chi connectivity index (χ2n) is 8.89. The van der Waals surface area contributed by atoms with Gasteiger partial charge in [-0.1, -0.05) is 59.3 Å². The first-order chi connectivity index (χ1) is 18.0. The van der Waals surface area contributed by atoms with Crippen LogP contribution in [0.25, 0.3) is 17.0 Å². The van der Waals surface area contributed by atoms with Crippen molar-refractivity contribution in [2.75, 3.05) is 14.2 Å². The summed E-state index contributed by atoms with van der Waals surface area (Å²) < 4.78 is 16.6. The Labute approximate surface area is 215 Å². The third kappa shape index (κ3) is 4.91. The van der Waals surface area contributed by atoms with E-state index in [1.807, 2.05) is 80.6 Å². The number of hydrogen-bond acceptors (Lipinski definition) is 6. The lowest BCUT2D eigenvalue weighted by Crippen LogP contribution is -2.45. The highest BCUT2D eigenvalue weighted by atomic mass is 16.5. The summed E-state index contributed by atoms with van der Waals surface area (Å²) in [5.74, 6) is 2.15. The number of urea groups is 1. The number of nitrogens with zero attached hydrogens (tertiary/aromatic N) is 3. The molecule has 1 atom stereocenters. The van der Waals surface area contributed by atoms with Gasteiger partial charge in [-0.2, -0.15) is 4.98 Å². The van der Waals surface area contributed by atoms with Crippen molar-refractivity contribution in [3.05, 3.63) is 101 Å². The average Bonchev–Trinajstić information content (AvgIpc) is 3.40. The number of benzene rings is 3. The number of ether oxygens (including phenoxy) is 2. The maximum absolute atomic E-state index is 13.4. The summed E-state index contributed by atoms with van der Waals surface area (Å²) in [7, 11) is 3.23. The predicted molar refractivity (Wildman–Crippen MR) is 140 cm³/mol. The van der Waals surface area contributed by atoms with Crippen molar-refractivity contribution in [1.29, 1.82) is 0 Å². The molecule has 1 aliphatic rings. The Kier molecular flexibility index (Phi) is 6.64. The molecule has 0 aliphatic carbocycles. The van der Waals surface area contributed by atoms with E-state index in [-0.39, 0.29) is 6.03 Å². The smallest absolute Gasteiger partial charge is 0.322 e. The average molecular weight is 497 g/mol. The van der Waals surface area contributed by atoms with E-state index in [2.05, 4.69) is 16.5 Å². The highest BCUT2D eigenvalue weighted by Gasteiger charge is 2.36. The molecule has 2 heterocycles. The summed E-state index contributed by atoms with van der Waals surface area (Å²) >= 11 is 0. The Morgan fingerprint density at radius 2 is 1.68 bits per heavy atom. The molecule has 0 fully saturated rings. The van der Waals surface area contributed by atoms with E-state index < -0.39 is 6.04 Å². The number of rotatable bonds is 7. The number of aryl methyl sites for hydroxylation is 1. The minimum absolute atomic E-state index is 0.205. The molecule has 8 heteroatoms. The molecule has 37 heavy (non-hydrogen) atoms. The van der Waals surface area contributed by atoms with Crippen LogP contribution in [-0.4, -0.2) is 35.3 Å². The van der Waals surface area contributed by atoms with Gasteiger partial charge in [0.05, 0.1) is 32.4 Å². The molecule has 8 nitrogen and oxygen atoms in total. The molecule has 0 saturated heterocycles. The van der Waals surface area contributed by atoms with Crippen molar-refractivity contribution in [2.24, 2.45) is 0 Å². The largest absolute Gasteiger partial charge is 0.497 e. The first-order valence-corrected chi connectivity index (χ1v) is 11.9. The van der Waals surface area contributed by atoms with E-state index in [0.29, 0.717) is 29.8 Å².